The highest BCUT2D eigenvalue weighted by molar-refractivity contribution is 5.42. The molecule has 0 spiro atoms. The van der Waals surface area contributed by atoms with Gasteiger partial charge in [-0.3, -0.25) is 0 Å². The lowest BCUT2D eigenvalue weighted by Gasteiger charge is -2.19. The third kappa shape index (κ3) is 4.96. The minimum absolute atomic E-state index is 0.291. The number of hydrogen-bond acceptors (Lipinski definition) is 3. The van der Waals surface area contributed by atoms with E-state index in [4.69, 9.17) is 9.47 Å². The Morgan fingerprint density at radius 3 is 2.44 bits per heavy atom. The first-order valence-corrected chi connectivity index (χ1v) is 6.40. The fourth-order valence-corrected chi connectivity index (χ4v) is 1.61. The predicted molar refractivity (Wildman–Crippen MR) is 75.3 cm³/mol. The summed E-state index contributed by atoms with van der Waals surface area (Å²) in [5.74, 6) is 1.62. The smallest absolute Gasteiger partial charge is 0.161 e. The van der Waals surface area contributed by atoms with Gasteiger partial charge in [0, 0.05) is 6.54 Å². The molecule has 102 valence electrons. The number of hydrogen-bond donors (Lipinski definition) is 1. The molecule has 0 aromatic heterocycles. The maximum absolute atomic E-state index is 5.79. The number of ether oxygens (including phenoxy) is 2. The molecule has 0 saturated carbocycles. The first-order valence-electron chi connectivity index (χ1n) is 6.40. The van der Waals surface area contributed by atoms with Crippen molar-refractivity contribution in [1.29, 1.82) is 0 Å². The van der Waals surface area contributed by atoms with Crippen LogP contribution in [0.1, 0.15) is 32.8 Å². The van der Waals surface area contributed by atoms with Crippen molar-refractivity contribution in [2.75, 3.05) is 20.8 Å². The van der Waals surface area contributed by atoms with Crippen molar-refractivity contribution in [3.8, 4) is 11.5 Å². The summed E-state index contributed by atoms with van der Waals surface area (Å²) >= 11 is 0. The zero-order chi connectivity index (χ0) is 13.6. The molecule has 1 aromatic rings. The second-order valence-electron chi connectivity index (χ2n) is 5.67. The van der Waals surface area contributed by atoms with E-state index in [9.17, 15) is 0 Å². The van der Waals surface area contributed by atoms with Crippen molar-refractivity contribution in [3.05, 3.63) is 23.8 Å². The van der Waals surface area contributed by atoms with Crippen LogP contribution in [-0.2, 0) is 6.54 Å². The maximum atomic E-state index is 5.79. The Balaban J connectivity index is 2.65. The molecule has 1 N–H and O–H groups in total. The zero-order valence-electron chi connectivity index (χ0n) is 12.2. The summed E-state index contributed by atoms with van der Waals surface area (Å²) in [6.07, 6.45) is 1.02. The minimum Gasteiger partial charge on any atom is -0.493 e. The van der Waals surface area contributed by atoms with Crippen LogP contribution in [0.3, 0.4) is 0 Å². The monoisotopic (exact) mass is 251 g/mol. The quantitative estimate of drug-likeness (QED) is 0.842. The van der Waals surface area contributed by atoms with Gasteiger partial charge in [0.05, 0.1) is 13.7 Å². The molecule has 0 fully saturated rings. The van der Waals surface area contributed by atoms with Crippen LogP contribution in [0.2, 0.25) is 0 Å². The summed E-state index contributed by atoms with van der Waals surface area (Å²) in [4.78, 5) is 0. The SMILES string of the molecule is CNCc1ccc(OCCC(C)(C)C)c(OC)c1. The molecule has 0 radical (unpaired) electrons. The lowest BCUT2D eigenvalue weighted by atomic mass is 9.93. The normalized spacial score (nSPS) is 11.4. The number of benzene rings is 1. The van der Waals surface area contributed by atoms with Crippen molar-refractivity contribution in [2.45, 2.75) is 33.7 Å². The minimum atomic E-state index is 0.291. The van der Waals surface area contributed by atoms with Crippen molar-refractivity contribution in [3.63, 3.8) is 0 Å². The summed E-state index contributed by atoms with van der Waals surface area (Å²) in [6.45, 7) is 8.18. The average molecular weight is 251 g/mol. The topological polar surface area (TPSA) is 30.5 Å². The van der Waals surface area contributed by atoms with Crippen molar-refractivity contribution in [1.82, 2.24) is 5.32 Å². The van der Waals surface area contributed by atoms with E-state index in [-0.39, 0.29) is 0 Å². The molecule has 0 aliphatic heterocycles. The third-order valence-electron chi connectivity index (χ3n) is 2.72. The highest BCUT2D eigenvalue weighted by Crippen LogP contribution is 2.29. The maximum Gasteiger partial charge on any atom is 0.161 e. The lowest BCUT2D eigenvalue weighted by Crippen LogP contribution is -2.11. The molecule has 0 bridgehead atoms. The summed E-state index contributed by atoms with van der Waals surface area (Å²) in [5, 5.41) is 3.12. The van der Waals surface area contributed by atoms with Crippen LogP contribution < -0.4 is 14.8 Å². The van der Waals surface area contributed by atoms with Crippen LogP contribution in [0.25, 0.3) is 0 Å². The summed E-state index contributed by atoms with van der Waals surface area (Å²) < 4.78 is 11.2. The van der Waals surface area contributed by atoms with Crippen molar-refractivity contribution < 1.29 is 9.47 Å². The molecule has 3 heteroatoms. The second kappa shape index (κ2) is 6.64. The third-order valence-corrected chi connectivity index (χ3v) is 2.72. The van der Waals surface area contributed by atoms with Crippen molar-refractivity contribution >= 4 is 0 Å². The molecule has 0 unspecified atom stereocenters. The number of nitrogens with one attached hydrogen (secondary N) is 1. The molecule has 0 aliphatic rings. The number of methoxy groups -OCH3 is 1. The van der Waals surface area contributed by atoms with Crippen LogP contribution in [0, 0.1) is 5.41 Å². The van der Waals surface area contributed by atoms with Gasteiger partial charge in [-0.25, -0.2) is 0 Å². The molecule has 0 heterocycles. The van der Waals surface area contributed by atoms with Crippen LogP contribution in [0.5, 0.6) is 11.5 Å². The summed E-state index contributed by atoms with van der Waals surface area (Å²) in [6, 6.07) is 6.06. The Kier molecular flexibility index (Phi) is 5.48. The molecular weight excluding hydrogens is 226 g/mol. The molecular formula is C15H25NO2. The summed E-state index contributed by atoms with van der Waals surface area (Å²) in [5.41, 5.74) is 1.48. The Hall–Kier alpha value is -1.22. The van der Waals surface area contributed by atoms with Crippen LogP contribution in [0.15, 0.2) is 18.2 Å². The molecule has 1 aromatic carbocycles. The van der Waals surface area contributed by atoms with E-state index < -0.39 is 0 Å². The van der Waals surface area contributed by atoms with Gasteiger partial charge in [0.25, 0.3) is 0 Å². The van der Waals surface area contributed by atoms with Crippen LogP contribution in [-0.4, -0.2) is 20.8 Å². The van der Waals surface area contributed by atoms with E-state index in [1.54, 1.807) is 7.11 Å². The van der Waals surface area contributed by atoms with Gasteiger partial charge in [-0.05, 0) is 36.6 Å². The van der Waals surface area contributed by atoms with Crippen molar-refractivity contribution in [2.24, 2.45) is 5.41 Å². The van der Waals surface area contributed by atoms with E-state index in [2.05, 4.69) is 32.2 Å². The highest BCUT2D eigenvalue weighted by atomic mass is 16.5. The Morgan fingerprint density at radius 2 is 1.89 bits per heavy atom. The summed E-state index contributed by atoms with van der Waals surface area (Å²) in [7, 11) is 3.61. The van der Waals surface area contributed by atoms with Gasteiger partial charge in [-0.2, -0.15) is 0 Å². The number of rotatable bonds is 6. The van der Waals surface area contributed by atoms with Gasteiger partial charge in [0.15, 0.2) is 11.5 Å². The molecule has 18 heavy (non-hydrogen) atoms. The van der Waals surface area contributed by atoms with E-state index >= 15 is 0 Å². The van der Waals surface area contributed by atoms with E-state index in [0.29, 0.717) is 12.0 Å². The lowest BCUT2D eigenvalue weighted by molar-refractivity contribution is 0.234. The molecule has 0 aliphatic carbocycles. The molecule has 0 atom stereocenters. The highest BCUT2D eigenvalue weighted by Gasteiger charge is 2.11. The van der Waals surface area contributed by atoms with E-state index in [1.165, 1.54) is 5.56 Å². The average Bonchev–Trinajstić information content (AvgIpc) is 2.29. The van der Waals surface area contributed by atoms with Gasteiger partial charge in [0.1, 0.15) is 0 Å². The Bertz CT molecular complexity index is 369. The van der Waals surface area contributed by atoms with Gasteiger partial charge in [-0.15, -0.1) is 0 Å². The van der Waals surface area contributed by atoms with Gasteiger partial charge in [0.2, 0.25) is 0 Å². The predicted octanol–water partition coefficient (Wildman–Crippen LogP) is 3.23. The fourth-order valence-electron chi connectivity index (χ4n) is 1.61. The van der Waals surface area contributed by atoms with Crippen LogP contribution in [0.4, 0.5) is 0 Å². The first kappa shape index (κ1) is 14.8. The second-order valence-corrected chi connectivity index (χ2v) is 5.67. The van der Waals surface area contributed by atoms with Crippen LogP contribution >= 0.6 is 0 Å². The van der Waals surface area contributed by atoms with E-state index in [0.717, 1.165) is 24.5 Å². The van der Waals surface area contributed by atoms with E-state index in [1.807, 2.05) is 19.2 Å². The largest absolute Gasteiger partial charge is 0.493 e. The standard InChI is InChI=1S/C15H25NO2/c1-15(2,3)8-9-18-13-7-6-12(11-16-4)10-14(13)17-5/h6-7,10,16H,8-9,11H2,1-5H3. The Labute approximate surface area is 110 Å². The van der Waals surface area contributed by atoms with Gasteiger partial charge < -0.3 is 14.8 Å². The molecule has 3 nitrogen and oxygen atoms in total. The molecule has 0 amide bonds. The Morgan fingerprint density at radius 1 is 1.17 bits per heavy atom. The fraction of sp³-hybridized carbons (Fsp3) is 0.600. The van der Waals surface area contributed by atoms with Gasteiger partial charge in [-0.1, -0.05) is 26.8 Å². The molecule has 1 rings (SSSR count). The molecule has 0 saturated heterocycles. The zero-order valence-corrected chi connectivity index (χ0v) is 12.2. The first-order chi connectivity index (χ1) is 8.46. The van der Waals surface area contributed by atoms with Gasteiger partial charge >= 0.3 is 0 Å².